The van der Waals surface area contributed by atoms with Crippen molar-refractivity contribution < 1.29 is 19.5 Å². The third-order valence-corrected chi connectivity index (χ3v) is 4.08. The average Bonchev–Trinajstić information content (AvgIpc) is 2.67. The van der Waals surface area contributed by atoms with Crippen LogP contribution in [0.5, 0.6) is 0 Å². The molecule has 1 N–H and O–H groups in total. The van der Waals surface area contributed by atoms with Gasteiger partial charge in [0.15, 0.2) is 0 Å². The van der Waals surface area contributed by atoms with Crippen molar-refractivity contribution in [2.45, 2.75) is 20.8 Å². The van der Waals surface area contributed by atoms with E-state index in [9.17, 15) is 19.5 Å². The van der Waals surface area contributed by atoms with Crippen molar-refractivity contribution in [2.75, 3.05) is 4.90 Å². The van der Waals surface area contributed by atoms with Crippen LogP contribution in [0.3, 0.4) is 0 Å². The van der Waals surface area contributed by atoms with E-state index in [2.05, 4.69) is 0 Å². The molecule has 0 bridgehead atoms. The van der Waals surface area contributed by atoms with Gasteiger partial charge in [0.05, 0.1) is 5.56 Å². The quantitative estimate of drug-likeness (QED) is 0.828. The van der Waals surface area contributed by atoms with E-state index in [0.717, 1.165) is 21.1 Å². The molecule has 0 atom stereocenters. The number of carbonyl (C=O) groups excluding carboxylic acids is 2. The second kappa shape index (κ2) is 4.06. The second-order valence-electron chi connectivity index (χ2n) is 4.07. The van der Waals surface area contributed by atoms with Crippen LogP contribution in [0.4, 0.5) is 5.00 Å². The second-order valence-corrected chi connectivity index (χ2v) is 5.28. The van der Waals surface area contributed by atoms with E-state index in [4.69, 9.17) is 0 Å². The van der Waals surface area contributed by atoms with Crippen molar-refractivity contribution in [3.63, 3.8) is 0 Å². The lowest BCUT2D eigenvalue weighted by atomic mass is 10.1. The summed E-state index contributed by atoms with van der Waals surface area (Å²) in [6, 6.07) is 0. The largest absolute Gasteiger partial charge is 0.478 e. The molecule has 94 valence electrons. The highest BCUT2D eigenvalue weighted by molar-refractivity contribution is 7.17. The number of rotatable bonds is 2. The summed E-state index contributed by atoms with van der Waals surface area (Å²) < 4.78 is 0. The third kappa shape index (κ3) is 1.65. The number of hydrogen-bond donors (Lipinski definition) is 1. The maximum atomic E-state index is 11.9. The average molecular weight is 265 g/mol. The lowest BCUT2D eigenvalue weighted by Gasteiger charge is -2.13. The smallest absolute Gasteiger partial charge is 0.339 e. The van der Waals surface area contributed by atoms with Gasteiger partial charge >= 0.3 is 5.97 Å². The number of carbonyl (C=O) groups is 3. The van der Waals surface area contributed by atoms with Crippen molar-refractivity contribution >= 4 is 34.1 Å². The number of carboxylic acid groups (broad SMARTS) is 1. The first-order valence-corrected chi connectivity index (χ1v) is 6.06. The molecule has 0 aromatic carbocycles. The molecule has 6 heteroatoms. The van der Waals surface area contributed by atoms with Gasteiger partial charge in [0, 0.05) is 16.5 Å². The van der Waals surface area contributed by atoms with E-state index >= 15 is 0 Å². The predicted molar refractivity (Wildman–Crippen MR) is 67.0 cm³/mol. The fourth-order valence-electron chi connectivity index (χ4n) is 1.80. The van der Waals surface area contributed by atoms with Crippen LogP contribution < -0.4 is 4.90 Å². The molecule has 0 aliphatic carbocycles. The van der Waals surface area contributed by atoms with Crippen LogP contribution in [0.15, 0.2) is 11.6 Å². The fraction of sp³-hybridized carbons (Fsp3) is 0.250. The number of nitrogens with zero attached hydrogens (tertiary/aromatic N) is 1. The molecule has 0 spiro atoms. The molecule has 0 saturated carbocycles. The van der Waals surface area contributed by atoms with Gasteiger partial charge < -0.3 is 5.11 Å². The number of hydrogen-bond acceptors (Lipinski definition) is 4. The highest BCUT2D eigenvalue weighted by Crippen LogP contribution is 2.37. The Morgan fingerprint density at radius 2 is 1.89 bits per heavy atom. The Hall–Kier alpha value is -1.95. The summed E-state index contributed by atoms with van der Waals surface area (Å²) in [4.78, 5) is 36.6. The first kappa shape index (κ1) is 12.5. The molecule has 0 unspecified atom stereocenters. The van der Waals surface area contributed by atoms with Gasteiger partial charge in [-0.2, -0.15) is 0 Å². The third-order valence-electron chi connectivity index (χ3n) is 2.88. The van der Waals surface area contributed by atoms with E-state index in [1.54, 1.807) is 13.8 Å². The van der Waals surface area contributed by atoms with E-state index in [1.807, 2.05) is 0 Å². The number of aromatic carboxylic acids is 1. The van der Waals surface area contributed by atoms with Gasteiger partial charge in [-0.3, -0.25) is 9.59 Å². The molecule has 0 radical (unpaired) electrons. The lowest BCUT2D eigenvalue weighted by Crippen LogP contribution is -2.31. The van der Waals surface area contributed by atoms with Gasteiger partial charge in [-0.1, -0.05) is 0 Å². The van der Waals surface area contributed by atoms with Crippen LogP contribution in [-0.2, 0) is 9.59 Å². The van der Waals surface area contributed by atoms with E-state index in [1.165, 1.54) is 13.0 Å². The lowest BCUT2D eigenvalue weighted by molar-refractivity contribution is -0.120. The fourth-order valence-corrected chi connectivity index (χ4v) is 2.95. The van der Waals surface area contributed by atoms with Crippen LogP contribution >= 0.6 is 11.3 Å². The SMILES string of the molecule is CC1=CC(=O)N(c2sc(C)c(C)c2C(=O)O)C1=O. The minimum absolute atomic E-state index is 0.0299. The van der Waals surface area contributed by atoms with E-state index < -0.39 is 17.8 Å². The molecule has 1 aromatic rings. The summed E-state index contributed by atoms with van der Waals surface area (Å²) >= 11 is 1.15. The molecule has 18 heavy (non-hydrogen) atoms. The zero-order valence-electron chi connectivity index (χ0n) is 10.1. The van der Waals surface area contributed by atoms with Crippen LogP contribution in [0.25, 0.3) is 0 Å². The predicted octanol–water partition coefficient (Wildman–Crippen LogP) is 1.88. The summed E-state index contributed by atoms with van der Waals surface area (Å²) in [5, 5.41) is 9.39. The number of anilines is 1. The highest BCUT2D eigenvalue weighted by Gasteiger charge is 2.35. The van der Waals surface area contributed by atoms with Crippen molar-refractivity contribution in [1.82, 2.24) is 0 Å². The maximum absolute atomic E-state index is 11.9. The Labute approximate surface area is 107 Å². The molecule has 5 nitrogen and oxygen atoms in total. The zero-order chi connectivity index (χ0) is 13.6. The zero-order valence-corrected chi connectivity index (χ0v) is 10.9. The standard InChI is InChI=1S/C12H11NO4S/c1-5-4-8(14)13(10(5)15)11-9(12(16)17)6(2)7(3)18-11/h4H,1-3H3,(H,16,17). The molecular weight excluding hydrogens is 254 g/mol. The summed E-state index contributed by atoms with van der Waals surface area (Å²) in [6.45, 7) is 4.97. The van der Waals surface area contributed by atoms with Crippen molar-refractivity contribution in [3.05, 3.63) is 27.7 Å². The Morgan fingerprint density at radius 1 is 1.28 bits per heavy atom. The van der Waals surface area contributed by atoms with Gasteiger partial charge in [0.1, 0.15) is 5.00 Å². The van der Waals surface area contributed by atoms with Crippen LogP contribution in [-0.4, -0.2) is 22.9 Å². The van der Waals surface area contributed by atoms with Crippen LogP contribution in [0.2, 0.25) is 0 Å². The van der Waals surface area contributed by atoms with E-state index in [-0.39, 0.29) is 10.6 Å². The number of imide groups is 1. The monoisotopic (exact) mass is 265 g/mol. The minimum Gasteiger partial charge on any atom is -0.478 e. The highest BCUT2D eigenvalue weighted by atomic mass is 32.1. The summed E-state index contributed by atoms with van der Waals surface area (Å²) in [6.07, 6.45) is 1.22. The molecule has 0 fully saturated rings. The molecule has 1 aliphatic heterocycles. The van der Waals surface area contributed by atoms with Gasteiger partial charge in [-0.05, 0) is 26.3 Å². The summed E-state index contributed by atoms with van der Waals surface area (Å²) in [5.74, 6) is -2.07. The van der Waals surface area contributed by atoms with Gasteiger partial charge in [-0.25, -0.2) is 9.69 Å². The van der Waals surface area contributed by atoms with Gasteiger partial charge in [-0.15, -0.1) is 11.3 Å². The Bertz CT molecular complexity index is 612. The molecule has 2 amide bonds. The molecule has 2 heterocycles. The number of thiophene rings is 1. The Kier molecular flexibility index (Phi) is 2.82. The van der Waals surface area contributed by atoms with E-state index in [0.29, 0.717) is 11.1 Å². The first-order chi connectivity index (χ1) is 8.34. The first-order valence-electron chi connectivity index (χ1n) is 5.24. The molecule has 2 rings (SSSR count). The molecule has 0 saturated heterocycles. The Balaban J connectivity index is 2.60. The molecule has 1 aromatic heterocycles. The molecule has 1 aliphatic rings. The van der Waals surface area contributed by atoms with Crippen LogP contribution in [0.1, 0.15) is 27.7 Å². The van der Waals surface area contributed by atoms with Gasteiger partial charge in [0.2, 0.25) is 0 Å². The topological polar surface area (TPSA) is 74.7 Å². The normalized spacial score (nSPS) is 15.3. The summed E-state index contributed by atoms with van der Waals surface area (Å²) in [7, 11) is 0. The van der Waals surface area contributed by atoms with Crippen molar-refractivity contribution in [2.24, 2.45) is 0 Å². The summed E-state index contributed by atoms with van der Waals surface area (Å²) in [5.41, 5.74) is 0.940. The molecular formula is C12H11NO4S. The maximum Gasteiger partial charge on any atom is 0.339 e. The number of amides is 2. The number of carboxylic acids is 1. The Morgan fingerprint density at radius 3 is 2.33 bits per heavy atom. The van der Waals surface area contributed by atoms with Crippen molar-refractivity contribution in [1.29, 1.82) is 0 Å². The number of aryl methyl sites for hydroxylation is 1. The van der Waals surface area contributed by atoms with Crippen LogP contribution in [0, 0.1) is 13.8 Å². The minimum atomic E-state index is -1.13. The van der Waals surface area contributed by atoms with Gasteiger partial charge in [0.25, 0.3) is 11.8 Å². The van der Waals surface area contributed by atoms with Crippen molar-refractivity contribution in [3.8, 4) is 0 Å².